The molecule has 15 heavy (non-hydrogen) atoms. The molecule has 0 fully saturated rings. The lowest BCUT2D eigenvalue weighted by atomic mass is 10.2. The first kappa shape index (κ1) is 14.7. The van der Waals surface area contributed by atoms with Crippen LogP contribution in [0.4, 0.5) is 13.2 Å². The molecule has 0 bridgehead atoms. The minimum Gasteiger partial charge on any atom is -0.384 e. The molecule has 0 amide bonds. The first-order valence-electron chi connectivity index (χ1n) is 4.80. The van der Waals surface area contributed by atoms with Gasteiger partial charge in [-0.05, 0) is 12.5 Å². The van der Waals surface area contributed by atoms with E-state index in [1.807, 2.05) is 6.92 Å². The van der Waals surface area contributed by atoms with E-state index in [9.17, 15) is 13.2 Å². The van der Waals surface area contributed by atoms with Crippen molar-refractivity contribution in [2.75, 3.05) is 40.0 Å². The van der Waals surface area contributed by atoms with E-state index in [4.69, 9.17) is 4.74 Å². The Hall–Kier alpha value is -0.330. The van der Waals surface area contributed by atoms with Crippen LogP contribution in [0.5, 0.6) is 0 Å². The molecule has 1 N–H and O–H groups in total. The van der Waals surface area contributed by atoms with Crippen molar-refractivity contribution in [1.82, 2.24) is 5.32 Å². The van der Waals surface area contributed by atoms with Gasteiger partial charge in [0.25, 0.3) is 0 Å². The molecule has 0 aliphatic carbocycles. The van der Waals surface area contributed by atoms with Gasteiger partial charge < -0.3 is 14.8 Å². The molecule has 0 rings (SSSR count). The number of ether oxygens (including phenoxy) is 2. The van der Waals surface area contributed by atoms with E-state index in [1.54, 1.807) is 7.11 Å². The molecule has 0 heterocycles. The van der Waals surface area contributed by atoms with Crippen molar-refractivity contribution in [2.45, 2.75) is 13.1 Å². The second-order valence-corrected chi connectivity index (χ2v) is 3.43. The SMILES string of the molecule is COCC(C)CNCCOCC(F)(F)F. The van der Waals surface area contributed by atoms with E-state index in [0.29, 0.717) is 25.6 Å². The van der Waals surface area contributed by atoms with Crippen LogP contribution in [-0.2, 0) is 9.47 Å². The summed E-state index contributed by atoms with van der Waals surface area (Å²) < 4.78 is 44.2. The molecule has 0 aromatic rings. The molecule has 0 aliphatic rings. The van der Waals surface area contributed by atoms with Gasteiger partial charge in [-0.2, -0.15) is 13.2 Å². The predicted octanol–water partition coefficient (Wildman–Crippen LogP) is 1.44. The lowest BCUT2D eigenvalue weighted by molar-refractivity contribution is -0.173. The highest BCUT2D eigenvalue weighted by molar-refractivity contribution is 4.55. The third-order valence-electron chi connectivity index (χ3n) is 1.63. The van der Waals surface area contributed by atoms with Crippen molar-refractivity contribution in [3.8, 4) is 0 Å². The Labute approximate surface area is 87.9 Å². The van der Waals surface area contributed by atoms with E-state index < -0.39 is 12.8 Å². The number of rotatable bonds is 8. The molecule has 1 unspecified atom stereocenters. The van der Waals surface area contributed by atoms with Gasteiger partial charge in [0.05, 0.1) is 6.61 Å². The second kappa shape index (κ2) is 7.90. The van der Waals surface area contributed by atoms with Crippen LogP contribution >= 0.6 is 0 Å². The Balaban J connectivity index is 3.18. The number of halogens is 3. The maximum Gasteiger partial charge on any atom is 0.411 e. The highest BCUT2D eigenvalue weighted by Gasteiger charge is 2.27. The van der Waals surface area contributed by atoms with Gasteiger partial charge in [-0.1, -0.05) is 6.92 Å². The van der Waals surface area contributed by atoms with E-state index in [-0.39, 0.29) is 6.61 Å². The fourth-order valence-corrected chi connectivity index (χ4v) is 1.02. The Morgan fingerprint density at radius 1 is 1.33 bits per heavy atom. The minimum atomic E-state index is -4.23. The summed E-state index contributed by atoms with van der Waals surface area (Å²) in [4.78, 5) is 0. The highest BCUT2D eigenvalue weighted by atomic mass is 19.4. The molecular formula is C9H18F3NO2. The molecule has 0 radical (unpaired) electrons. The van der Waals surface area contributed by atoms with Crippen LogP contribution < -0.4 is 5.32 Å². The molecule has 0 saturated heterocycles. The normalized spacial score (nSPS) is 14.2. The lowest BCUT2D eigenvalue weighted by Gasteiger charge is -2.12. The van der Waals surface area contributed by atoms with E-state index >= 15 is 0 Å². The quantitative estimate of drug-likeness (QED) is 0.639. The largest absolute Gasteiger partial charge is 0.411 e. The fraction of sp³-hybridized carbons (Fsp3) is 1.00. The maximum atomic E-state index is 11.6. The van der Waals surface area contributed by atoms with Gasteiger partial charge in [0.2, 0.25) is 0 Å². The van der Waals surface area contributed by atoms with Crippen LogP contribution in [0.15, 0.2) is 0 Å². The molecule has 0 saturated carbocycles. The molecule has 92 valence electrons. The average molecular weight is 229 g/mol. The van der Waals surface area contributed by atoms with Crippen molar-refractivity contribution in [1.29, 1.82) is 0 Å². The van der Waals surface area contributed by atoms with E-state index in [2.05, 4.69) is 10.1 Å². The van der Waals surface area contributed by atoms with Crippen LogP contribution in [0.2, 0.25) is 0 Å². The summed E-state index contributed by atoms with van der Waals surface area (Å²) in [6, 6.07) is 0. The monoisotopic (exact) mass is 229 g/mol. The van der Waals surface area contributed by atoms with Gasteiger partial charge in [0, 0.05) is 20.3 Å². The number of hydrogen-bond acceptors (Lipinski definition) is 3. The van der Waals surface area contributed by atoms with E-state index in [1.165, 1.54) is 0 Å². The second-order valence-electron chi connectivity index (χ2n) is 3.43. The fourth-order valence-electron chi connectivity index (χ4n) is 1.02. The third-order valence-corrected chi connectivity index (χ3v) is 1.63. The van der Waals surface area contributed by atoms with Gasteiger partial charge in [-0.3, -0.25) is 0 Å². The number of hydrogen-bond donors (Lipinski definition) is 1. The summed E-state index contributed by atoms with van der Waals surface area (Å²) in [5.41, 5.74) is 0. The van der Waals surface area contributed by atoms with Crippen LogP contribution in [0.3, 0.4) is 0 Å². The molecule has 3 nitrogen and oxygen atoms in total. The Bertz CT molecular complexity index is 153. The molecule has 1 atom stereocenters. The Morgan fingerprint density at radius 3 is 2.53 bits per heavy atom. The topological polar surface area (TPSA) is 30.5 Å². The molecule has 0 aromatic carbocycles. The zero-order chi connectivity index (χ0) is 11.7. The van der Waals surface area contributed by atoms with Gasteiger partial charge in [-0.15, -0.1) is 0 Å². The Kier molecular flexibility index (Phi) is 7.72. The standard InChI is InChI=1S/C9H18F3NO2/c1-8(6-14-2)5-13-3-4-15-7-9(10,11)12/h8,13H,3-7H2,1-2H3. The molecule has 6 heteroatoms. The smallest absolute Gasteiger partial charge is 0.384 e. The van der Waals surface area contributed by atoms with Crippen molar-refractivity contribution in [2.24, 2.45) is 5.92 Å². The van der Waals surface area contributed by atoms with Crippen LogP contribution in [0.1, 0.15) is 6.92 Å². The van der Waals surface area contributed by atoms with Gasteiger partial charge in [0.1, 0.15) is 6.61 Å². The Morgan fingerprint density at radius 2 is 2.00 bits per heavy atom. The van der Waals surface area contributed by atoms with Crippen LogP contribution in [0, 0.1) is 5.92 Å². The number of methoxy groups -OCH3 is 1. The van der Waals surface area contributed by atoms with Crippen LogP contribution in [0.25, 0.3) is 0 Å². The number of alkyl halides is 3. The van der Waals surface area contributed by atoms with Crippen LogP contribution in [-0.4, -0.2) is 46.2 Å². The molecular weight excluding hydrogens is 211 g/mol. The van der Waals surface area contributed by atoms with Crippen molar-refractivity contribution in [3.63, 3.8) is 0 Å². The maximum absolute atomic E-state index is 11.6. The van der Waals surface area contributed by atoms with Crippen molar-refractivity contribution in [3.05, 3.63) is 0 Å². The van der Waals surface area contributed by atoms with Gasteiger partial charge >= 0.3 is 6.18 Å². The summed E-state index contributed by atoms with van der Waals surface area (Å²) in [5, 5.41) is 2.98. The lowest BCUT2D eigenvalue weighted by Crippen LogP contribution is -2.28. The first-order valence-corrected chi connectivity index (χ1v) is 4.80. The summed E-state index contributed by atoms with van der Waals surface area (Å²) in [5.74, 6) is 0.345. The van der Waals surface area contributed by atoms with Gasteiger partial charge in [0.15, 0.2) is 0 Å². The summed E-state index contributed by atoms with van der Waals surface area (Å²) in [7, 11) is 1.61. The highest BCUT2D eigenvalue weighted by Crippen LogP contribution is 2.13. The summed E-state index contributed by atoms with van der Waals surface area (Å²) in [6.07, 6.45) is -4.23. The average Bonchev–Trinajstić information content (AvgIpc) is 2.09. The molecule has 0 aliphatic heterocycles. The summed E-state index contributed by atoms with van der Waals surface area (Å²) in [6.45, 7) is 2.65. The zero-order valence-corrected chi connectivity index (χ0v) is 9.06. The van der Waals surface area contributed by atoms with Crippen molar-refractivity contribution < 1.29 is 22.6 Å². The number of nitrogens with one attached hydrogen (secondary N) is 1. The first-order chi connectivity index (χ1) is 6.95. The third kappa shape index (κ3) is 11.6. The minimum absolute atomic E-state index is 0.0687. The molecule has 0 spiro atoms. The summed E-state index contributed by atoms with van der Waals surface area (Å²) >= 11 is 0. The molecule has 0 aromatic heterocycles. The van der Waals surface area contributed by atoms with Crippen molar-refractivity contribution >= 4 is 0 Å². The van der Waals surface area contributed by atoms with Gasteiger partial charge in [-0.25, -0.2) is 0 Å². The zero-order valence-electron chi connectivity index (χ0n) is 9.06. The predicted molar refractivity (Wildman–Crippen MR) is 50.8 cm³/mol. The van der Waals surface area contributed by atoms with E-state index in [0.717, 1.165) is 0 Å².